The van der Waals surface area contributed by atoms with E-state index < -0.39 is 0 Å². The summed E-state index contributed by atoms with van der Waals surface area (Å²) in [5, 5.41) is 0. The van der Waals surface area contributed by atoms with Crippen molar-refractivity contribution in [2.75, 3.05) is 13.2 Å². The van der Waals surface area contributed by atoms with Crippen molar-refractivity contribution in [1.29, 1.82) is 0 Å². The van der Waals surface area contributed by atoms with Gasteiger partial charge in [-0.3, -0.25) is 0 Å². The highest BCUT2D eigenvalue weighted by Crippen LogP contribution is 2.24. The first-order valence-corrected chi connectivity index (χ1v) is 11.2. The topological polar surface area (TPSA) is 36.9 Å². The van der Waals surface area contributed by atoms with E-state index in [1.165, 1.54) is 35.1 Å². The van der Waals surface area contributed by atoms with Crippen LogP contribution in [0.5, 0.6) is 11.5 Å². The predicted molar refractivity (Wildman–Crippen MR) is 120 cm³/mol. The van der Waals surface area contributed by atoms with E-state index >= 15 is 0 Å². The summed E-state index contributed by atoms with van der Waals surface area (Å²) in [7, 11) is 0. The molecule has 2 unspecified atom stereocenters. The number of ether oxygens (including phenoxy) is 4. The number of hydrogen-bond donors (Lipinski definition) is 0. The second kappa shape index (κ2) is 11.4. The molecule has 30 heavy (non-hydrogen) atoms. The minimum atomic E-state index is -0.0415. The molecule has 2 saturated heterocycles. The highest BCUT2D eigenvalue weighted by molar-refractivity contribution is 5.36. The molecule has 4 heteroatoms. The van der Waals surface area contributed by atoms with E-state index in [0.717, 1.165) is 50.4 Å². The Morgan fingerprint density at radius 3 is 1.40 bits per heavy atom. The van der Waals surface area contributed by atoms with E-state index in [2.05, 4.69) is 52.0 Å². The third-order valence-corrected chi connectivity index (χ3v) is 5.45. The molecule has 2 heterocycles. The fraction of sp³-hybridized carbons (Fsp3) is 0.538. The Kier molecular flexibility index (Phi) is 8.59. The minimum Gasteiger partial charge on any atom is -0.465 e. The second-order valence-electron chi connectivity index (χ2n) is 8.37. The van der Waals surface area contributed by atoms with Crippen LogP contribution in [-0.2, 0) is 9.47 Å². The lowest BCUT2D eigenvalue weighted by molar-refractivity contribution is -0.106. The Balaban J connectivity index is 0.000000171. The number of benzene rings is 2. The molecule has 2 atom stereocenters. The molecule has 0 radical (unpaired) electrons. The van der Waals surface area contributed by atoms with Crippen molar-refractivity contribution in [2.24, 2.45) is 0 Å². The highest BCUT2D eigenvalue weighted by atomic mass is 16.7. The highest BCUT2D eigenvalue weighted by Gasteiger charge is 2.16. The lowest BCUT2D eigenvalue weighted by Crippen LogP contribution is -2.25. The van der Waals surface area contributed by atoms with Crippen molar-refractivity contribution in [3.63, 3.8) is 0 Å². The molecule has 0 aromatic heterocycles. The average Bonchev–Trinajstić information content (AvgIpc) is 2.74. The predicted octanol–water partition coefficient (Wildman–Crippen LogP) is 6.42. The van der Waals surface area contributed by atoms with E-state index in [4.69, 9.17) is 18.9 Å². The van der Waals surface area contributed by atoms with Crippen molar-refractivity contribution >= 4 is 0 Å². The Hall–Kier alpha value is -2.04. The van der Waals surface area contributed by atoms with Crippen molar-refractivity contribution in [3.8, 4) is 11.5 Å². The van der Waals surface area contributed by atoms with Gasteiger partial charge in [-0.2, -0.15) is 0 Å². The summed E-state index contributed by atoms with van der Waals surface area (Å²) in [6.07, 6.45) is 6.66. The zero-order valence-corrected chi connectivity index (χ0v) is 18.9. The molecule has 0 aliphatic carbocycles. The van der Waals surface area contributed by atoms with E-state index in [1.807, 2.05) is 12.1 Å². The molecule has 0 amide bonds. The zero-order valence-electron chi connectivity index (χ0n) is 18.9. The van der Waals surface area contributed by atoms with Crippen LogP contribution >= 0.6 is 0 Å². The standard InChI is InChI=1S/2C13H18O2/c2*1-10-6-7-12(11(2)9-10)15-13-5-3-4-8-14-13/h2*6-7,9,13H,3-5,8H2,1-2H3. The van der Waals surface area contributed by atoms with Gasteiger partial charge in [-0.05, 0) is 76.6 Å². The van der Waals surface area contributed by atoms with Gasteiger partial charge in [-0.25, -0.2) is 0 Å². The Bertz CT molecular complexity index is 722. The van der Waals surface area contributed by atoms with Gasteiger partial charge in [0.1, 0.15) is 11.5 Å². The first kappa shape index (κ1) is 22.6. The average molecular weight is 413 g/mol. The molecule has 2 fully saturated rings. The van der Waals surface area contributed by atoms with Gasteiger partial charge in [0, 0.05) is 12.8 Å². The van der Waals surface area contributed by atoms with Gasteiger partial charge >= 0.3 is 0 Å². The molecule has 0 spiro atoms. The SMILES string of the molecule is Cc1ccc(OC2CCCCO2)c(C)c1.Cc1ccc(OC2CCCCO2)c(C)c1. The summed E-state index contributed by atoms with van der Waals surface area (Å²) in [5.74, 6) is 1.90. The normalized spacial score (nSPS) is 21.3. The fourth-order valence-corrected chi connectivity index (χ4v) is 3.75. The van der Waals surface area contributed by atoms with Gasteiger partial charge in [0.25, 0.3) is 0 Å². The molecule has 2 aromatic rings. The van der Waals surface area contributed by atoms with E-state index in [-0.39, 0.29) is 12.6 Å². The fourth-order valence-electron chi connectivity index (χ4n) is 3.75. The first-order valence-electron chi connectivity index (χ1n) is 11.2. The van der Waals surface area contributed by atoms with Gasteiger partial charge in [0.05, 0.1) is 13.2 Å². The maximum atomic E-state index is 5.82. The molecule has 2 aliphatic rings. The Morgan fingerprint density at radius 2 is 1.07 bits per heavy atom. The van der Waals surface area contributed by atoms with Crippen LogP contribution in [0.3, 0.4) is 0 Å². The largest absolute Gasteiger partial charge is 0.465 e. The van der Waals surface area contributed by atoms with Crippen LogP contribution in [0.1, 0.15) is 60.8 Å². The number of rotatable bonds is 4. The van der Waals surface area contributed by atoms with Gasteiger partial charge in [0.15, 0.2) is 12.6 Å². The van der Waals surface area contributed by atoms with Gasteiger partial charge in [-0.15, -0.1) is 0 Å². The summed E-state index contributed by atoms with van der Waals surface area (Å²) in [6, 6.07) is 12.5. The van der Waals surface area contributed by atoms with Crippen molar-refractivity contribution in [2.45, 2.75) is 78.8 Å². The summed E-state index contributed by atoms with van der Waals surface area (Å²) in [5.41, 5.74) is 4.90. The van der Waals surface area contributed by atoms with E-state index in [1.54, 1.807) is 0 Å². The zero-order chi connectivity index (χ0) is 21.3. The van der Waals surface area contributed by atoms with Crippen LogP contribution in [0.2, 0.25) is 0 Å². The summed E-state index contributed by atoms with van der Waals surface area (Å²) < 4.78 is 22.7. The van der Waals surface area contributed by atoms with Crippen LogP contribution in [-0.4, -0.2) is 25.8 Å². The molecule has 4 nitrogen and oxygen atoms in total. The van der Waals surface area contributed by atoms with E-state index in [0.29, 0.717) is 0 Å². The van der Waals surface area contributed by atoms with E-state index in [9.17, 15) is 0 Å². The molecule has 0 saturated carbocycles. The van der Waals surface area contributed by atoms with Gasteiger partial charge < -0.3 is 18.9 Å². The van der Waals surface area contributed by atoms with Crippen LogP contribution in [0, 0.1) is 27.7 Å². The molecular formula is C26H36O4. The number of aryl methyl sites for hydroxylation is 4. The van der Waals surface area contributed by atoms with Crippen molar-refractivity contribution < 1.29 is 18.9 Å². The smallest absolute Gasteiger partial charge is 0.199 e. The second-order valence-corrected chi connectivity index (χ2v) is 8.37. The quantitative estimate of drug-likeness (QED) is 0.581. The first-order chi connectivity index (χ1) is 14.5. The van der Waals surface area contributed by atoms with Crippen molar-refractivity contribution in [1.82, 2.24) is 0 Å². The molecule has 164 valence electrons. The van der Waals surface area contributed by atoms with Gasteiger partial charge in [-0.1, -0.05) is 35.4 Å². The summed E-state index contributed by atoms with van der Waals surface area (Å²) >= 11 is 0. The maximum Gasteiger partial charge on any atom is 0.199 e. The lowest BCUT2D eigenvalue weighted by atomic mass is 10.1. The van der Waals surface area contributed by atoms with Crippen LogP contribution in [0.4, 0.5) is 0 Å². The number of hydrogen-bond acceptors (Lipinski definition) is 4. The molecule has 0 bridgehead atoms. The molecule has 2 aromatic carbocycles. The monoisotopic (exact) mass is 412 g/mol. The third kappa shape index (κ3) is 7.03. The van der Waals surface area contributed by atoms with Crippen LogP contribution in [0.25, 0.3) is 0 Å². The lowest BCUT2D eigenvalue weighted by Gasteiger charge is -2.24. The Morgan fingerprint density at radius 1 is 0.633 bits per heavy atom. The molecule has 4 rings (SSSR count). The summed E-state index contributed by atoms with van der Waals surface area (Å²) in [4.78, 5) is 0. The van der Waals surface area contributed by atoms with Crippen LogP contribution in [0.15, 0.2) is 36.4 Å². The molecule has 0 N–H and O–H groups in total. The minimum absolute atomic E-state index is 0.0415. The van der Waals surface area contributed by atoms with Crippen molar-refractivity contribution in [3.05, 3.63) is 58.7 Å². The van der Waals surface area contributed by atoms with Crippen LogP contribution < -0.4 is 9.47 Å². The maximum absolute atomic E-state index is 5.82. The third-order valence-electron chi connectivity index (χ3n) is 5.45. The molecule has 2 aliphatic heterocycles. The Labute approximate surface area is 181 Å². The van der Waals surface area contributed by atoms with Gasteiger partial charge in [0.2, 0.25) is 0 Å². The molecular weight excluding hydrogens is 376 g/mol. The summed E-state index contributed by atoms with van der Waals surface area (Å²) in [6.45, 7) is 9.99.